The quantitative estimate of drug-likeness (QED) is 0.147. The topological polar surface area (TPSA) is 85.0 Å². The fourth-order valence-electron chi connectivity index (χ4n) is 8.13. The zero-order valence-electron chi connectivity index (χ0n) is 36.3. The molecule has 0 atom stereocenters. The normalized spacial score (nSPS) is 10.9. The minimum Gasteiger partial charge on any atom is -0.345 e. The maximum absolute atomic E-state index is 12.4. The number of terminal acetylenes is 1. The van der Waals surface area contributed by atoms with Crippen LogP contribution < -0.4 is 5.32 Å². The van der Waals surface area contributed by atoms with Gasteiger partial charge in [-0.2, -0.15) is 0 Å². The van der Waals surface area contributed by atoms with Gasteiger partial charge in [-0.05, 0) is 111 Å². The summed E-state index contributed by atoms with van der Waals surface area (Å²) in [5, 5.41) is 2.71. The third kappa shape index (κ3) is 8.46. The number of nitrogens with zero attached hydrogens (tertiary/aromatic N) is 5. The first kappa shape index (κ1) is 41.9. The Hall–Kier alpha value is -7.24. The number of amides is 2. The summed E-state index contributed by atoms with van der Waals surface area (Å²) in [6, 6.07) is 41.3. The Morgan fingerprint density at radius 3 is 1.46 bits per heavy atom. The first-order valence-corrected chi connectivity index (χ1v) is 20.7. The maximum atomic E-state index is 12.4. The number of benzene rings is 6. The van der Waals surface area contributed by atoms with Crippen LogP contribution in [0.15, 0.2) is 121 Å². The van der Waals surface area contributed by atoms with Crippen molar-refractivity contribution in [3.63, 3.8) is 0 Å². The van der Waals surface area contributed by atoms with Crippen LogP contribution in [0.3, 0.4) is 0 Å². The monoisotopic (exact) mass is 804 g/mol. The molecule has 8 nitrogen and oxygen atoms in total. The third-order valence-corrected chi connectivity index (χ3v) is 11.1. The second-order valence-corrected chi connectivity index (χ2v) is 15.6. The Morgan fingerprint density at radius 1 is 0.590 bits per heavy atom. The van der Waals surface area contributed by atoms with Crippen LogP contribution in [-0.2, 0) is 13.1 Å². The van der Waals surface area contributed by atoms with Crippen molar-refractivity contribution in [3.8, 4) is 57.4 Å². The largest absolute Gasteiger partial charge is 0.345 e. The molecule has 0 spiro atoms. The van der Waals surface area contributed by atoms with Crippen molar-refractivity contribution in [2.45, 2.75) is 54.6 Å². The molecule has 2 heterocycles. The first-order chi connectivity index (χ1) is 29.4. The summed E-state index contributed by atoms with van der Waals surface area (Å²) in [5.74, 6) is 4.05. The standard InChI is InChI=1S/C27H25N3O.C26H27N3O/c1-5-15-28-27(31)20-12-14-25-24(17-20)29-26(30(25)6-2)23-10-8-7-9-22(23)21-13-11-18(3)16-19(21)4;1-6-29-24-14-12-19(26(30)28(4)5)16-23(24)27-25(29)22-10-8-7-9-21(22)20-13-11-17(2)15-18(20)3/h1,7-14,16-17H,6,15H2,2-4H3,(H,28,31);7-16H,6H2,1-5H3. The van der Waals surface area contributed by atoms with Gasteiger partial charge >= 0.3 is 0 Å². The van der Waals surface area contributed by atoms with Crippen LogP contribution in [0, 0.1) is 40.0 Å². The summed E-state index contributed by atoms with van der Waals surface area (Å²) in [6.45, 7) is 14.5. The lowest BCUT2D eigenvalue weighted by atomic mass is 9.94. The number of imidazole rings is 2. The Bertz CT molecular complexity index is 2980. The van der Waals surface area contributed by atoms with Crippen LogP contribution in [0.5, 0.6) is 0 Å². The molecule has 0 aliphatic heterocycles. The Morgan fingerprint density at radius 2 is 1.03 bits per heavy atom. The number of aromatic nitrogens is 4. The van der Waals surface area contributed by atoms with Crippen LogP contribution in [0.4, 0.5) is 0 Å². The second-order valence-electron chi connectivity index (χ2n) is 15.6. The molecule has 8 rings (SSSR count). The minimum absolute atomic E-state index is 0.0137. The fourth-order valence-corrected chi connectivity index (χ4v) is 8.13. The summed E-state index contributed by atoms with van der Waals surface area (Å²) >= 11 is 0. The molecule has 0 aliphatic carbocycles. The van der Waals surface area contributed by atoms with E-state index in [2.05, 4.69) is 141 Å². The summed E-state index contributed by atoms with van der Waals surface area (Å²) in [5.41, 5.74) is 16.8. The first-order valence-electron chi connectivity index (χ1n) is 20.7. The predicted octanol–water partition coefficient (Wildman–Crippen LogP) is 11.1. The van der Waals surface area contributed by atoms with E-state index in [1.54, 1.807) is 19.0 Å². The van der Waals surface area contributed by atoms with Gasteiger partial charge in [0, 0.05) is 49.4 Å². The van der Waals surface area contributed by atoms with Crippen LogP contribution in [0.1, 0.15) is 56.8 Å². The average molecular weight is 805 g/mol. The van der Waals surface area contributed by atoms with Gasteiger partial charge in [-0.25, -0.2) is 9.97 Å². The van der Waals surface area contributed by atoms with Gasteiger partial charge in [-0.3, -0.25) is 9.59 Å². The van der Waals surface area contributed by atoms with Crippen LogP contribution >= 0.6 is 0 Å². The Kier molecular flexibility index (Phi) is 12.3. The number of fused-ring (bicyclic) bond motifs is 2. The van der Waals surface area contributed by atoms with Crippen LogP contribution in [0.25, 0.3) is 67.1 Å². The lowest BCUT2D eigenvalue weighted by Gasteiger charge is -2.14. The summed E-state index contributed by atoms with van der Waals surface area (Å²) in [6.07, 6.45) is 5.25. The number of hydrogen-bond acceptors (Lipinski definition) is 4. The highest BCUT2D eigenvalue weighted by Crippen LogP contribution is 2.37. The second kappa shape index (κ2) is 17.9. The molecule has 0 aliphatic rings. The van der Waals surface area contributed by atoms with Crippen molar-refractivity contribution in [2.24, 2.45) is 0 Å². The van der Waals surface area contributed by atoms with Crippen molar-refractivity contribution in [2.75, 3.05) is 20.6 Å². The minimum atomic E-state index is -0.192. The van der Waals surface area contributed by atoms with Crippen molar-refractivity contribution < 1.29 is 9.59 Å². The maximum Gasteiger partial charge on any atom is 0.253 e. The third-order valence-electron chi connectivity index (χ3n) is 11.1. The van der Waals surface area contributed by atoms with Crippen molar-refractivity contribution in [1.82, 2.24) is 29.3 Å². The van der Waals surface area contributed by atoms with E-state index in [0.29, 0.717) is 11.1 Å². The molecular weight excluding hydrogens is 753 g/mol. The number of rotatable bonds is 9. The predicted molar refractivity (Wildman–Crippen MR) is 251 cm³/mol. The van der Waals surface area contributed by atoms with E-state index >= 15 is 0 Å². The molecule has 61 heavy (non-hydrogen) atoms. The number of carbonyl (C=O) groups excluding carboxylic acids is 2. The van der Waals surface area contributed by atoms with Crippen molar-refractivity contribution >= 4 is 33.9 Å². The van der Waals surface area contributed by atoms with Crippen molar-refractivity contribution in [3.05, 3.63) is 155 Å². The van der Waals surface area contributed by atoms with E-state index in [0.717, 1.165) is 63.5 Å². The van der Waals surface area contributed by atoms with Gasteiger partial charge < -0.3 is 19.4 Å². The fraction of sp³-hybridized carbons (Fsp3) is 0.208. The van der Waals surface area contributed by atoms with E-state index in [1.807, 2.05) is 42.5 Å². The van der Waals surface area contributed by atoms with Gasteiger partial charge in [0.25, 0.3) is 11.8 Å². The van der Waals surface area contributed by atoms with Gasteiger partial charge in [0.1, 0.15) is 11.6 Å². The van der Waals surface area contributed by atoms with Crippen LogP contribution in [-0.4, -0.2) is 56.5 Å². The lowest BCUT2D eigenvalue weighted by Crippen LogP contribution is -2.23. The van der Waals surface area contributed by atoms with E-state index in [4.69, 9.17) is 16.4 Å². The molecule has 2 amide bonds. The van der Waals surface area contributed by atoms with Gasteiger partial charge in [0.05, 0.1) is 28.6 Å². The molecule has 0 bridgehead atoms. The molecule has 2 aromatic heterocycles. The number of aryl methyl sites for hydroxylation is 6. The van der Waals surface area contributed by atoms with Crippen molar-refractivity contribution in [1.29, 1.82) is 0 Å². The Balaban J connectivity index is 0.000000184. The molecule has 6 aromatic carbocycles. The highest BCUT2D eigenvalue weighted by Gasteiger charge is 2.20. The van der Waals surface area contributed by atoms with E-state index < -0.39 is 0 Å². The number of nitrogens with one attached hydrogen (secondary N) is 1. The number of carbonyl (C=O) groups is 2. The molecular formula is C53H52N6O2. The molecule has 0 saturated heterocycles. The molecule has 0 unspecified atom stereocenters. The van der Waals surface area contributed by atoms with E-state index in [9.17, 15) is 9.59 Å². The SMILES string of the molecule is C#CCNC(=O)c1ccc2c(c1)nc(-c1ccccc1-c1ccc(C)cc1C)n2CC.CCn1c(-c2ccccc2-c2ccc(C)cc2C)nc2cc(C(=O)N(C)C)ccc21. The highest BCUT2D eigenvalue weighted by molar-refractivity contribution is 5.99. The van der Waals surface area contributed by atoms with Gasteiger partial charge in [0.15, 0.2) is 0 Å². The average Bonchev–Trinajstić information content (AvgIpc) is 3.83. The van der Waals surface area contributed by atoms with Gasteiger partial charge in [0.2, 0.25) is 0 Å². The molecule has 0 saturated carbocycles. The van der Waals surface area contributed by atoms with E-state index in [-0.39, 0.29) is 18.4 Å². The molecule has 8 heteroatoms. The summed E-state index contributed by atoms with van der Waals surface area (Å²) in [7, 11) is 3.53. The molecule has 0 radical (unpaired) electrons. The smallest absolute Gasteiger partial charge is 0.253 e. The highest BCUT2D eigenvalue weighted by atomic mass is 16.2. The summed E-state index contributed by atoms with van der Waals surface area (Å²) in [4.78, 5) is 36.3. The molecule has 1 N–H and O–H groups in total. The van der Waals surface area contributed by atoms with Gasteiger partial charge in [-0.15, -0.1) is 6.42 Å². The lowest BCUT2D eigenvalue weighted by molar-refractivity contribution is 0.0827. The summed E-state index contributed by atoms with van der Waals surface area (Å²) < 4.78 is 4.42. The van der Waals surface area contributed by atoms with Gasteiger partial charge in [-0.1, -0.05) is 102 Å². The number of hydrogen-bond donors (Lipinski definition) is 1. The molecule has 8 aromatic rings. The Labute approximate surface area is 358 Å². The van der Waals surface area contributed by atoms with E-state index in [1.165, 1.54) is 38.9 Å². The zero-order chi connectivity index (χ0) is 43.4. The molecule has 306 valence electrons. The zero-order valence-corrected chi connectivity index (χ0v) is 36.3. The van der Waals surface area contributed by atoms with Crippen LogP contribution in [0.2, 0.25) is 0 Å². The molecule has 0 fully saturated rings.